The van der Waals surface area contributed by atoms with E-state index in [1.54, 1.807) is 33.5 Å². The van der Waals surface area contributed by atoms with Crippen molar-refractivity contribution in [3.05, 3.63) is 101 Å². The summed E-state index contributed by atoms with van der Waals surface area (Å²) in [6.07, 6.45) is 14.7. The molecule has 2 aliphatic rings. The summed E-state index contributed by atoms with van der Waals surface area (Å²) in [7, 11) is 4.69. The molecule has 8 heteroatoms. The van der Waals surface area contributed by atoms with Gasteiger partial charge in [-0.2, -0.15) is 0 Å². The number of nitrogens with zero attached hydrogens (tertiary/aromatic N) is 3. The molecule has 8 nitrogen and oxygen atoms in total. The van der Waals surface area contributed by atoms with Gasteiger partial charge in [0.15, 0.2) is 11.5 Å². The SMILES string of the molecule is C/C(=C\c1ccccc1)CNCCCN1CCCCC1.COc1cc(C(=O)N(CCCN2CCCCC2)C/C(C)=C/c2ccccc2)cc(OC)c1OC. The van der Waals surface area contributed by atoms with E-state index in [4.69, 9.17) is 14.2 Å². The molecule has 2 fully saturated rings. The van der Waals surface area contributed by atoms with Crippen molar-refractivity contribution in [1.29, 1.82) is 0 Å². The zero-order valence-corrected chi connectivity index (χ0v) is 33.8. The van der Waals surface area contributed by atoms with Crippen LogP contribution in [-0.4, -0.2) is 107 Å². The Balaban J connectivity index is 0.000000276. The number of amides is 1. The highest BCUT2D eigenvalue weighted by atomic mass is 16.5. The zero-order chi connectivity index (χ0) is 38.4. The van der Waals surface area contributed by atoms with E-state index in [0.29, 0.717) is 35.9 Å². The van der Waals surface area contributed by atoms with Crippen LogP contribution >= 0.6 is 0 Å². The van der Waals surface area contributed by atoms with Crippen molar-refractivity contribution in [2.45, 2.75) is 65.2 Å². The third kappa shape index (κ3) is 15.0. The first-order valence-corrected chi connectivity index (χ1v) is 20.1. The lowest BCUT2D eigenvalue weighted by atomic mass is 10.1. The molecule has 0 radical (unpaired) electrons. The maximum atomic E-state index is 13.7. The van der Waals surface area contributed by atoms with Crippen LogP contribution in [0.4, 0.5) is 0 Å². The average Bonchev–Trinajstić information content (AvgIpc) is 3.21. The maximum Gasteiger partial charge on any atom is 0.254 e. The van der Waals surface area contributed by atoms with Crippen molar-refractivity contribution in [1.82, 2.24) is 20.0 Å². The van der Waals surface area contributed by atoms with Gasteiger partial charge in [0.2, 0.25) is 5.75 Å². The van der Waals surface area contributed by atoms with Crippen LogP contribution in [0, 0.1) is 0 Å². The molecule has 54 heavy (non-hydrogen) atoms. The van der Waals surface area contributed by atoms with Crippen molar-refractivity contribution in [2.75, 3.05) is 86.8 Å². The average molecular weight is 739 g/mol. The number of hydrogen-bond acceptors (Lipinski definition) is 7. The third-order valence-electron chi connectivity index (χ3n) is 10.1. The monoisotopic (exact) mass is 739 g/mol. The highest BCUT2D eigenvalue weighted by Crippen LogP contribution is 2.38. The number of carbonyl (C=O) groups is 1. The lowest BCUT2D eigenvalue weighted by Crippen LogP contribution is -2.37. The van der Waals surface area contributed by atoms with Gasteiger partial charge in [-0.15, -0.1) is 0 Å². The summed E-state index contributed by atoms with van der Waals surface area (Å²) in [5.41, 5.74) is 5.48. The third-order valence-corrected chi connectivity index (χ3v) is 10.1. The molecule has 2 aliphatic heterocycles. The van der Waals surface area contributed by atoms with Gasteiger partial charge in [0, 0.05) is 25.2 Å². The fourth-order valence-electron chi connectivity index (χ4n) is 7.27. The molecular formula is C46H66N4O4. The molecular weight excluding hydrogens is 673 g/mol. The standard InChI is InChI=1S/C28H38N2O4.C18H28N2/c1-22(18-23-12-7-5-8-13-23)21-30(17-11-16-29-14-9-6-10-15-29)28(31)24-19-25(32-2)27(34-4)26(20-24)33-3;1-17(15-18-9-4-2-5-10-18)16-19-11-8-14-20-12-6-3-7-13-20/h5,7-8,12-13,18-20H,6,9-11,14-17,21H2,1-4H3;2,4-5,9-10,15,19H,3,6-8,11-14,16H2,1H3/b22-18+;17-15+. The van der Waals surface area contributed by atoms with E-state index >= 15 is 0 Å². The molecule has 0 bridgehead atoms. The molecule has 0 aliphatic carbocycles. The summed E-state index contributed by atoms with van der Waals surface area (Å²) in [6.45, 7) is 14.9. The molecule has 0 spiro atoms. The van der Waals surface area contributed by atoms with Gasteiger partial charge in [-0.05, 0) is 121 Å². The van der Waals surface area contributed by atoms with E-state index in [-0.39, 0.29) is 5.91 Å². The fourth-order valence-corrected chi connectivity index (χ4v) is 7.27. The second-order valence-corrected chi connectivity index (χ2v) is 14.6. The van der Waals surface area contributed by atoms with Crippen molar-refractivity contribution < 1.29 is 19.0 Å². The Labute approximate surface area is 326 Å². The number of benzene rings is 3. The number of carbonyl (C=O) groups excluding carboxylic acids is 1. The largest absolute Gasteiger partial charge is 0.493 e. The van der Waals surface area contributed by atoms with E-state index < -0.39 is 0 Å². The molecule has 0 aromatic heterocycles. The highest BCUT2D eigenvalue weighted by molar-refractivity contribution is 5.96. The minimum atomic E-state index is -0.0429. The Morgan fingerprint density at radius 3 is 1.69 bits per heavy atom. The molecule has 0 unspecified atom stereocenters. The summed E-state index contributed by atoms with van der Waals surface area (Å²) in [5, 5.41) is 3.55. The van der Waals surface area contributed by atoms with Crippen molar-refractivity contribution in [3.63, 3.8) is 0 Å². The van der Waals surface area contributed by atoms with Crippen molar-refractivity contribution in [2.24, 2.45) is 0 Å². The van der Waals surface area contributed by atoms with Crippen LogP contribution in [-0.2, 0) is 0 Å². The quantitative estimate of drug-likeness (QED) is 0.131. The van der Waals surface area contributed by atoms with E-state index in [1.165, 1.54) is 75.7 Å². The van der Waals surface area contributed by atoms with Crippen LogP contribution < -0.4 is 19.5 Å². The first-order valence-electron chi connectivity index (χ1n) is 20.1. The molecule has 1 amide bonds. The smallest absolute Gasteiger partial charge is 0.254 e. The number of hydrogen-bond donors (Lipinski definition) is 1. The van der Waals surface area contributed by atoms with Gasteiger partial charge < -0.3 is 34.2 Å². The molecule has 3 aromatic carbocycles. The number of rotatable bonds is 18. The van der Waals surface area contributed by atoms with Crippen LogP contribution in [0.3, 0.4) is 0 Å². The number of ether oxygens (including phenoxy) is 3. The Bertz CT molecular complexity index is 1540. The van der Waals surface area contributed by atoms with Gasteiger partial charge >= 0.3 is 0 Å². The van der Waals surface area contributed by atoms with Gasteiger partial charge in [-0.25, -0.2) is 0 Å². The minimum absolute atomic E-state index is 0.0429. The van der Waals surface area contributed by atoms with Crippen LogP contribution in [0.2, 0.25) is 0 Å². The highest BCUT2D eigenvalue weighted by Gasteiger charge is 2.22. The van der Waals surface area contributed by atoms with E-state index in [9.17, 15) is 4.79 Å². The van der Waals surface area contributed by atoms with Crippen molar-refractivity contribution >= 4 is 18.1 Å². The summed E-state index contributed by atoms with van der Waals surface area (Å²) in [6, 6.07) is 24.2. The Hall–Kier alpha value is -4.11. The van der Waals surface area contributed by atoms with E-state index in [0.717, 1.165) is 50.3 Å². The molecule has 5 rings (SSSR count). The van der Waals surface area contributed by atoms with Crippen LogP contribution in [0.1, 0.15) is 86.7 Å². The zero-order valence-electron chi connectivity index (χ0n) is 33.8. The minimum Gasteiger partial charge on any atom is -0.493 e. The first kappa shape index (κ1) is 42.6. The molecule has 3 aromatic rings. The molecule has 0 saturated carbocycles. The molecule has 0 atom stereocenters. The number of piperidine rings is 2. The van der Waals surface area contributed by atoms with Gasteiger partial charge in [0.1, 0.15) is 0 Å². The fraction of sp³-hybridized carbons (Fsp3) is 0.500. The summed E-state index contributed by atoms with van der Waals surface area (Å²) in [5.74, 6) is 1.40. The normalized spacial score (nSPS) is 15.6. The number of likely N-dealkylation sites (tertiary alicyclic amines) is 2. The van der Waals surface area contributed by atoms with Crippen LogP contribution in [0.5, 0.6) is 17.2 Å². The number of nitrogens with one attached hydrogen (secondary N) is 1. The van der Waals surface area contributed by atoms with Crippen LogP contribution in [0.15, 0.2) is 83.9 Å². The molecule has 2 saturated heterocycles. The lowest BCUT2D eigenvalue weighted by molar-refractivity contribution is 0.0760. The second-order valence-electron chi connectivity index (χ2n) is 14.6. The van der Waals surface area contributed by atoms with Gasteiger partial charge in [-0.3, -0.25) is 4.79 Å². The Morgan fingerprint density at radius 2 is 1.19 bits per heavy atom. The van der Waals surface area contributed by atoms with E-state index in [2.05, 4.69) is 83.6 Å². The van der Waals surface area contributed by atoms with E-state index in [1.807, 2.05) is 23.1 Å². The van der Waals surface area contributed by atoms with Gasteiger partial charge in [0.05, 0.1) is 21.3 Å². The summed E-state index contributed by atoms with van der Waals surface area (Å²) >= 11 is 0. The van der Waals surface area contributed by atoms with Gasteiger partial charge in [-0.1, -0.05) is 96.8 Å². The summed E-state index contributed by atoms with van der Waals surface area (Å²) < 4.78 is 16.4. The van der Waals surface area contributed by atoms with Gasteiger partial charge in [0.25, 0.3) is 5.91 Å². The summed E-state index contributed by atoms with van der Waals surface area (Å²) in [4.78, 5) is 20.7. The predicted molar refractivity (Wildman–Crippen MR) is 225 cm³/mol. The maximum absolute atomic E-state index is 13.7. The number of methoxy groups -OCH3 is 3. The Kier molecular flexibility index (Phi) is 19.2. The molecule has 294 valence electrons. The predicted octanol–water partition coefficient (Wildman–Crippen LogP) is 8.69. The first-order chi connectivity index (χ1) is 26.4. The Morgan fingerprint density at radius 1 is 0.685 bits per heavy atom. The van der Waals surface area contributed by atoms with Crippen molar-refractivity contribution in [3.8, 4) is 17.2 Å². The lowest BCUT2D eigenvalue weighted by Gasteiger charge is -2.29. The van der Waals surface area contributed by atoms with Crippen LogP contribution in [0.25, 0.3) is 12.2 Å². The molecule has 2 heterocycles. The topological polar surface area (TPSA) is 66.5 Å². The second kappa shape index (κ2) is 24.3. The molecule has 1 N–H and O–H groups in total.